The zero-order valence-electron chi connectivity index (χ0n) is 13.2. The van der Waals surface area contributed by atoms with E-state index in [0.717, 1.165) is 11.1 Å². The molecule has 0 spiro atoms. The maximum absolute atomic E-state index is 12.4. The smallest absolute Gasteiger partial charge is 0.191 e. The number of hydrogen-bond donors (Lipinski definition) is 0. The Morgan fingerprint density at radius 3 is 1.92 bits per heavy atom. The number of halogens is 2. The molecule has 3 rings (SSSR count). The molecule has 0 aliphatic carbocycles. The summed E-state index contributed by atoms with van der Waals surface area (Å²) in [5.74, 6) is 0.353. The molecule has 0 bridgehead atoms. The first-order valence-electron chi connectivity index (χ1n) is 7.70. The minimum atomic E-state index is 0.0125. The van der Waals surface area contributed by atoms with E-state index in [9.17, 15) is 4.79 Å². The molecule has 25 heavy (non-hydrogen) atoms. The van der Waals surface area contributed by atoms with Crippen molar-refractivity contribution in [1.29, 1.82) is 0 Å². The van der Waals surface area contributed by atoms with Gasteiger partial charge in [0.15, 0.2) is 5.78 Å². The van der Waals surface area contributed by atoms with Crippen molar-refractivity contribution in [3.05, 3.63) is 99.8 Å². The van der Waals surface area contributed by atoms with E-state index in [-0.39, 0.29) is 11.0 Å². The highest BCUT2D eigenvalue weighted by molar-refractivity contribution is 8.00. The molecule has 0 amide bonds. The molecule has 126 valence electrons. The van der Waals surface area contributed by atoms with Crippen LogP contribution >= 0.6 is 35.0 Å². The number of carbonyl (C=O) groups excluding carboxylic acids is 1. The van der Waals surface area contributed by atoms with Gasteiger partial charge in [-0.1, -0.05) is 53.5 Å². The molecule has 3 aromatic rings. The van der Waals surface area contributed by atoms with E-state index in [0.29, 0.717) is 21.5 Å². The van der Waals surface area contributed by atoms with E-state index < -0.39 is 0 Å². The summed E-state index contributed by atoms with van der Waals surface area (Å²) in [4.78, 5) is 16.5. The molecule has 0 unspecified atom stereocenters. The number of pyridine rings is 1. The van der Waals surface area contributed by atoms with Crippen LogP contribution in [0.25, 0.3) is 0 Å². The van der Waals surface area contributed by atoms with Crippen LogP contribution in [0.5, 0.6) is 0 Å². The lowest BCUT2D eigenvalue weighted by molar-refractivity contribution is 0.101. The number of carbonyl (C=O) groups is 1. The lowest BCUT2D eigenvalue weighted by Crippen LogP contribution is -2.07. The first-order chi connectivity index (χ1) is 12.1. The standard InChI is InChI=1S/C20H15Cl2NOS/c21-16-8-4-14(5-9-16)20(15-6-10-17(22)11-7-15)25-13-19(24)18-3-1-2-12-23-18/h1-12,20H,13H2. The van der Waals surface area contributed by atoms with Crippen LogP contribution in [-0.4, -0.2) is 16.5 Å². The van der Waals surface area contributed by atoms with Gasteiger partial charge in [0.25, 0.3) is 0 Å². The zero-order valence-corrected chi connectivity index (χ0v) is 15.6. The van der Waals surface area contributed by atoms with Crippen molar-refractivity contribution in [2.75, 3.05) is 5.75 Å². The van der Waals surface area contributed by atoms with Gasteiger partial charge in [0.1, 0.15) is 5.69 Å². The molecule has 0 radical (unpaired) electrons. The van der Waals surface area contributed by atoms with Gasteiger partial charge in [0.05, 0.1) is 11.0 Å². The Morgan fingerprint density at radius 1 is 0.880 bits per heavy atom. The van der Waals surface area contributed by atoms with Gasteiger partial charge in [-0.3, -0.25) is 9.78 Å². The second-order valence-corrected chi connectivity index (χ2v) is 7.40. The second-order valence-electron chi connectivity index (χ2n) is 5.43. The highest BCUT2D eigenvalue weighted by atomic mass is 35.5. The van der Waals surface area contributed by atoms with Crippen LogP contribution in [0.15, 0.2) is 72.9 Å². The van der Waals surface area contributed by atoms with Gasteiger partial charge in [0, 0.05) is 16.2 Å². The summed E-state index contributed by atoms with van der Waals surface area (Å²) in [5, 5.41) is 1.39. The highest BCUT2D eigenvalue weighted by Crippen LogP contribution is 2.36. The van der Waals surface area contributed by atoms with Crippen LogP contribution in [0.4, 0.5) is 0 Å². The average molecular weight is 388 g/mol. The monoisotopic (exact) mass is 387 g/mol. The van der Waals surface area contributed by atoms with Crippen molar-refractivity contribution < 1.29 is 4.79 Å². The van der Waals surface area contributed by atoms with Crippen LogP contribution in [0.2, 0.25) is 10.0 Å². The minimum absolute atomic E-state index is 0.0125. The topological polar surface area (TPSA) is 30.0 Å². The number of benzene rings is 2. The van der Waals surface area contributed by atoms with E-state index in [1.54, 1.807) is 30.1 Å². The number of Topliss-reactive ketones (excluding diaryl/α,β-unsaturated/α-hetero) is 1. The van der Waals surface area contributed by atoms with E-state index in [2.05, 4.69) is 4.98 Å². The first-order valence-corrected chi connectivity index (χ1v) is 9.51. The third-order valence-corrected chi connectivity index (χ3v) is 5.49. The molecule has 1 heterocycles. The average Bonchev–Trinajstić information content (AvgIpc) is 2.65. The Labute approximate surface area is 161 Å². The van der Waals surface area contributed by atoms with Crippen molar-refractivity contribution in [3.63, 3.8) is 0 Å². The summed E-state index contributed by atoms with van der Waals surface area (Å²) in [5.41, 5.74) is 2.66. The van der Waals surface area contributed by atoms with Gasteiger partial charge in [-0.05, 0) is 47.5 Å². The Kier molecular flexibility index (Phi) is 6.14. The number of thioether (sulfide) groups is 1. The molecule has 2 nitrogen and oxygen atoms in total. The summed E-state index contributed by atoms with van der Waals surface area (Å²) < 4.78 is 0. The summed E-state index contributed by atoms with van der Waals surface area (Å²) in [6.45, 7) is 0. The lowest BCUT2D eigenvalue weighted by atomic mass is 10.0. The molecule has 1 aromatic heterocycles. The van der Waals surface area contributed by atoms with Gasteiger partial charge in [-0.15, -0.1) is 11.8 Å². The number of hydrogen-bond acceptors (Lipinski definition) is 3. The van der Waals surface area contributed by atoms with Crippen molar-refractivity contribution in [2.24, 2.45) is 0 Å². The van der Waals surface area contributed by atoms with Crippen molar-refractivity contribution >= 4 is 40.7 Å². The maximum Gasteiger partial charge on any atom is 0.191 e. The molecule has 5 heteroatoms. The van der Waals surface area contributed by atoms with Gasteiger partial charge in [-0.25, -0.2) is 0 Å². The summed E-state index contributed by atoms with van der Waals surface area (Å²) >= 11 is 13.6. The maximum atomic E-state index is 12.4. The quantitative estimate of drug-likeness (QED) is 0.479. The van der Waals surface area contributed by atoms with E-state index >= 15 is 0 Å². The number of nitrogens with zero attached hydrogens (tertiary/aromatic N) is 1. The van der Waals surface area contributed by atoms with Crippen LogP contribution < -0.4 is 0 Å². The predicted molar refractivity (Wildman–Crippen MR) is 106 cm³/mol. The largest absolute Gasteiger partial charge is 0.292 e. The molecule has 0 saturated carbocycles. The summed E-state index contributed by atoms with van der Waals surface area (Å²) in [7, 11) is 0. The van der Waals surface area contributed by atoms with Gasteiger partial charge < -0.3 is 0 Å². The molecule has 0 saturated heterocycles. The van der Waals surface area contributed by atoms with Crippen molar-refractivity contribution in [3.8, 4) is 0 Å². The number of rotatable bonds is 6. The van der Waals surface area contributed by atoms with E-state index in [1.165, 1.54) is 0 Å². The number of aromatic nitrogens is 1. The highest BCUT2D eigenvalue weighted by Gasteiger charge is 2.18. The van der Waals surface area contributed by atoms with Gasteiger partial charge in [0.2, 0.25) is 0 Å². The minimum Gasteiger partial charge on any atom is -0.292 e. The summed E-state index contributed by atoms with van der Waals surface area (Å²) in [6, 6.07) is 20.8. The molecular weight excluding hydrogens is 373 g/mol. The fourth-order valence-electron chi connectivity index (χ4n) is 2.42. The predicted octanol–water partition coefficient (Wildman–Crippen LogP) is 6.09. The first kappa shape index (κ1) is 18.0. The lowest BCUT2D eigenvalue weighted by Gasteiger charge is -2.17. The Balaban J connectivity index is 1.82. The van der Waals surface area contributed by atoms with E-state index in [4.69, 9.17) is 23.2 Å². The van der Waals surface area contributed by atoms with Crippen LogP contribution in [0.3, 0.4) is 0 Å². The van der Waals surface area contributed by atoms with Gasteiger partial charge >= 0.3 is 0 Å². The second kappa shape index (κ2) is 8.52. The SMILES string of the molecule is O=C(CSC(c1ccc(Cl)cc1)c1ccc(Cl)cc1)c1ccccn1. The molecule has 0 aliphatic heterocycles. The number of ketones is 1. The molecular formula is C20H15Cl2NOS. The normalized spacial score (nSPS) is 10.8. The van der Waals surface area contributed by atoms with Crippen molar-refractivity contribution in [1.82, 2.24) is 4.98 Å². The Bertz CT molecular complexity index is 790. The molecule has 0 atom stereocenters. The Hall–Kier alpha value is -1.81. The molecule has 0 fully saturated rings. The molecule has 0 aliphatic rings. The molecule has 2 aromatic carbocycles. The fourth-order valence-corrected chi connectivity index (χ4v) is 3.84. The third kappa shape index (κ3) is 4.85. The summed E-state index contributed by atoms with van der Waals surface area (Å²) in [6.07, 6.45) is 1.63. The van der Waals surface area contributed by atoms with Crippen LogP contribution in [-0.2, 0) is 0 Å². The van der Waals surface area contributed by atoms with E-state index in [1.807, 2.05) is 54.6 Å². The van der Waals surface area contributed by atoms with Crippen LogP contribution in [0, 0.1) is 0 Å². The zero-order chi connectivity index (χ0) is 17.6. The Morgan fingerprint density at radius 2 is 1.44 bits per heavy atom. The van der Waals surface area contributed by atoms with Crippen LogP contribution in [0.1, 0.15) is 26.9 Å². The van der Waals surface area contributed by atoms with Gasteiger partial charge in [-0.2, -0.15) is 0 Å². The van der Waals surface area contributed by atoms with Crippen molar-refractivity contribution in [2.45, 2.75) is 5.25 Å². The fraction of sp³-hybridized carbons (Fsp3) is 0.100. The third-order valence-electron chi connectivity index (χ3n) is 3.68. The molecule has 0 N–H and O–H groups in total.